The van der Waals surface area contributed by atoms with Crippen molar-refractivity contribution in [3.05, 3.63) is 58.1 Å². The Bertz CT molecular complexity index is 830. The highest BCUT2D eigenvalue weighted by atomic mass is 79.9. The third kappa shape index (κ3) is 5.19. The number of ketones is 1. The molecular formula is C19H18BrNO4. The lowest BCUT2D eigenvalue weighted by atomic mass is 10.1. The van der Waals surface area contributed by atoms with E-state index in [1.54, 1.807) is 42.5 Å². The predicted molar refractivity (Wildman–Crippen MR) is 101 cm³/mol. The van der Waals surface area contributed by atoms with Crippen molar-refractivity contribution in [2.24, 2.45) is 0 Å². The minimum atomic E-state index is -0.200. The van der Waals surface area contributed by atoms with Crippen molar-refractivity contribution in [2.45, 2.75) is 13.8 Å². The molecule has 0 fully saturated rings. The largest absolute Gasteiger partial charge is 0.503 e. The number of halogens is 1. The van der Waals surface area contributed by atoms with Crippen LogP contribution in [-0.4, -0.2) is 23.4 Å². The van der Waals surface area contributed by atoms with Gasteiger partial charge in [-0.2, -0.15) is 0 Å². The summed E-state index contributed by atoms with van der Waals surface area (Å²) in [6.07, 6.45) is 3.07. The highest BCUT2D eigenvalue weighted by Gasteiger charge is 2.09. The van der Waals surface area contributed by atoms with Gasteiger partial charge in [0.15, 0.2) is 17.3 Å². The number of hydrogen-bond acceptors (Lipinski definition) is 4. The standard InChI is InChI=1S/C19H18BrNO4/c1-3-25-18-10-13(9-16(20)19(18)24)7-8-17(23)14-5-4-6-15(11-14)21-12(2)22/h4-11,24H,3H2,1-2H3,(H,21,22)/b8-7+. The molecule has 1 amide bonds. The fourth-order valence-electron chi connectivity index (χ4n) is 2.18. The molecule has 25 heavy (non-hydrogen) atoms. The van der Waals surface area contributed by atoms with Crippen LogP contribution in [0.3, 0.4) is 0 Å². The van der Waals surface area contributed by atoms with Crippen LogP contribution in [0.1, 0.15) is 29.8 Å². The van der Waals surface area contributed by atoms with Crippen molar-refractivity contribution in [3.8, 4) is 11.5 Å². The lowest BCUT2D eigenvalue weighted by Gasteiger charge is -2.08. The van der Waals surface area contributed by atoms with Gasteiger partial charge in [-0.1, -0.05) is 18.2 Å². The second-order valence-electron chi connectivity index (χ2n) is 5.24. The topological polar surface area (TPSA) is 75.6 Å². The van der Waals surface area contributed by atoms with Gasteiger partial charge in [0.05, 0.1) is 11.1 Å². The summed E-state index contributed by atoms with van der Waals surface area (Å²) in [5.74, 6) is -0.0307. The number of rotatable bonds is 6. The summed E-state index contributed by atoms with van der Waals surface area (Å²) >= 11 is 3.26. The number of phenolic OH excluding ortho intramolecular Hbond substituents is 1. The molecule has 5 nitrogen and oxygen atoms in total. The Morgan fingerprint density at radius 3 is 2.72 bits per heavy atom. The van der Waals surface area contributed by atoms with Gasteiger partial charge in [0.25, 0.3) is 0 Å². The molecule has 0 aromatic heterocycles. The van der Waals surface area contributed by atoms with Gasteiger partial charge in [-0.05, 0) is 58.8 Å². The van der Waals surface area contributed by atoms with Crippen LogP contribution in [0.5, 0.6) is 11.5 Å². The Hall–Kier alpha value is -2.60. The van der Waals surface area contributed by atoms with Crippen molar-refractivity contribution < 1.29 is 19.4 Å². The van der Waals surface area contributed by atoms with Gasteiger partial charge in [0.1, 0.15) is 0 Å². The monoisotopic (exact) mass is 403 g/mol. The Labute approximate surface area is 154 Å². The van der Waals surface area contributed by atoms with E-state index in [0.717, 1.165) is 0 Å². The van der Waals surface area contributed by atoms with Crippen molar-refractivity contribution in [1.29, 1.82) is 0 Å². The highest BCUT2D eigenvalue weighted by Crippen LogP contribution is 2.35. The summed E-state index contributed by atoms with van der Waals surface area (Å²) < 4.78 is 5.85. The molecule has 0 atom stereocenters. The lowest BCUT2D eigenvalue weighted by Crippen LogP contribution is -2.06. The number of aromatic hydroxyl groups is 1. The zero-order valence-corrected chi connectivity index (χ0v) is 15.5. The first-order valence-corrected chi connectivity index (χ1v) is 8.45. The van der Waals surface area contributed by atoms with Crippen LogP contribution in [0.15, 0.2) is 46.9 Å². The van der Waals surface area contributed by atoms with Crippen LogP contribution < -0.4 is 10.1 Å². The van der Waals surface area contributed by atoms with E-state index in [1.807, 2.05) is 6.92 Å². The number of carbonyl (C=O) groups excluding carboxylic acids is 2. The van der Waals surface area contributed by atoms with Crippen LogP contribution >= 0.6 is 15.9 Å². The van der Waals surface area contributed by atoms with Crippen LogP contribution in [-0.2, 0) is 4.79 Å². The number of nitrogens with one attached hydrogen (secondary N) is 1. The maximum Gasteiger partial charge on any atom is 0.221 e. The van der Waals surface area contributed by atoms with E-state index in [1.165, 1.54) is 13.0 Å². The molecule has 0 saturated carbocycles. The third-order valence-electron chi connectivity index (χ3n) is 3.25. The molecule has 0 heterocycles. The third-order valence-corrected chi connectivity index (χ3v) is 3.85. The Morgan fingerprint density at radius 1 is 1.28 bits per heavy atom. The number of ether oxygens (including phenoxy) is 1. The molecule has 2 rings (SSSR count). The molecule has 0 bridgehead atoms. The molecule has 0 spiro atoms. The summed E-state index contributed by atoms with van der Waals surface area (Å²) in [5, 5.41) is 12.6. The van der Waals surface area contributed by atoms with Crippen LogP contribution in [0.4, 0.5) is 5.69 Å². The Balaban J connectivity index is 2.21. The SMILES string of the molecule is CCOc1cc(/C=C/C(=O)c2cccc(NC(C)=O)c2)cc(Br)c1O. The van der Waals surface area contributed by atoms with Gasteiger partial charge in [0, 0.05) is 18.2 Å². The second kappa shape index (κ2) is 8.48. The minimum absolute atomic E-state index is 0.0216. The first-order chi connectivity index (χ1) is 11.9. The van der Waals surface area contributed by atoms with Gasteiger partial charge in [-0.25, -0.2) is 0 Å². The number of anilines is 1. The van der Waals surface area contributed by atoms with Gasteiger partial charge in [0.2, 0.25) is 5.91 Å². The lowest BCUT2D eigenvalue weighted by molar-refractivity contribution is -0.114. The molecule has 0 aliphatic carbocycles. The highest BCUT2D eigenvalue weighted by molar-refractivity contribution is 9.10. The maximum atomic E-state index is 12.3. The van der Waals surface area contributed by atoms with E-state index < -0.39 is 0 Å². The number of carbonyl (C=O) groups is 2. The zero-order chi connectivity index (χ0) is 18.4. The number of benzene rings is 2. The summed E-state index contributed by atoms with van der Waals surface area (Å²) in [6, 6.07) is 10.1. The number of allylic oxidation sites excluding steroid dienone is 1. The first kappa shape index (κ1) is 18.7. The predicted octanol–water partition coefficient (Wildman–Crippen LogP) is 4.41. The molecule has 6 heteroatoms. The van der Waals surface area contributed by atoms with E-state index in [0.29, 0.717) is 33.6 Å². The molecule has 2 aromatic rings. The van der Waals surface area contributed by atoms with E-state index in [9.17, 15) is 14.7 Å². The minimum Gasteiger partial charge on any atom is -0.503 e. The van der Waals surface area contributed by atoms with Gasteiger partial charge in [-0.3, -0.25) is 9.59 Å². The average Bonchev–Trinajstić information content (AvgIpc) is 2.56. The van der Waals surface area contributed by atoms with Crippen molar-refractivity contribution in [2.75, 3.05) is 11.9 Å². The molecule has 2 aromatic carbocycles. The second-order valence-corrected chi connectivity index (χ2v) is 6.10. The Morgan fingerprint density at radius 2 is 2.04 bits per heavy atom. The van der Waals surface area contributed by atoms with Crippen molar-refractivity contribution in [1.82, 2.24) is 0 Å². The first-order valence-electron chi connectivity index (χ1n) is 7.66. The van der Waals surface area contributed by atoms with E-state index in [-0.39, 0.29) is 17.4 Å². The van der Waals surface area contributed by atoms with E-state index in [4.69, 9.17) is 4.74 Å². The molecule has 0 unspecified atom stereocenters. The Kier molecular flexibility index (Phi) is 6.36. The zero-order valence-electron chi connectivity index (χ0n) is 13.9. The van der Waals surface area contributed by atoms with Gasteiger partial charge < -0.3 is 15.2 Å². The molecule has 130 valence electrons. The van der Waals surface area contributed by atoms with Crippen molar-refractivity contribution >= 4 is 39.4 Å². The molecular weight excluding hydrogens is 386 g/mol. The molecule has 0 saturated heterocycles. The summed E-state index contributed by atoms with van der Waals surface area (Å²) in [4.78, 5) is 23.4. The van der Waals surface area contributed by atoms with Crippen molar-refractivity contribution in [3.63, 3.8) is 0 Å². The quantitative estimate of drug-likeness (QED) is 0.553. The fraction of sp³-hybridized carbons (Fsp3) is 0.158. The number of phenols is 1. The van der Waals surface area contributed by atoms with Gasteiger partial charge in [-0.15, -0.1) is 0 Å². The summed E-state index contributed by atoms with van der Waals surface area (Å²) in [6.45, 7) is 3.65. The smallest absolute Gasteiger partial charge is 0.221 e. The molecule has 0 aliphatic heterocycles. The van der Waals surface area contributed by atoms with Crippen LogP contribution in [0.25, 0.3) is 6.08 Å². The molecule has 0 aliphatic rings. The van der Waals surface area contributed by atoms with E-state index in [2.05, 4.69) is 21.2 Å². The molecule has 0 radical (unpaired) electrons. The van der Waals surface area contributed by atoms with Gasteiger partial charge >= 0.3 is 0 Å². The number of amides is 1. The maximum absolute atomic E-state index is 12.3. The average molecular weight is 404 g/mol. The fourth-order valence-corrected chi connectivity index (χ4v) is 2.64. The van der Waals surface area contributed by atoms with E-state index >= 15 is 0 Å². The normalized spacial score (nSPS) is 10.7. The number of hydrogen-bond donors (Lipinski definition) is 2. The summed E-state index contributed by atoms with van der Waals surface area (Å²) in [5.41, 5.74) is 1.74. The molecule has 2 N–H and O–H groups in total. The summed E-state index contributed by atoms with van der Waals surface area (Å²) in [7, 11) is 0. The van der Waals surface area contributed by atoms with Crippen LogP contribution in [0.2, 0.25) is 0 Å². The van der Waals surface area contributed by atoms with Crippen LogP contribution in [0, 0.1) is 0 Å².